The highest BCUT2D eigenvalue weighted by Crippen LogP contribution is 2.50. The molecule has 2 aliphatic heterocycles. The normalized spacial score (nSPS) is 19.0. The van der Waals surface area contributed by atoms with Crippen LogP contribution in [0.5, 0.6) is 11.5 Å². The topological polar surface area (TPSA) is 89.2 Å². The molecule has 0 aliphatic carbocycles. The second-order valence-corrected chi connectivity index (χ2v) is 8.38. The Morgan fingerprint density at radius 2 is 1.79 bits per heavy atom. The maximum Gasteiger partial charge on any atom is 0.449 e. The maximum atomic E-state index is 13.9. The van der Waals surface area contributed by atoms with Gasteiger partial charge in [0.05, 0.1) is 13.2 Å². The number of carbonyl (C=O) groups excluding carboxylic acids is 2. The van der Waals surface area contributed by atoms with Crippen molar-refractivity contribution in [1.82, 2.24) is 0 Å². The molecular formula is C23H17F3NO6P. The van der Waals surface area contributed by atoms with Crippen LogP contribution in [0.25, 0.3) is 0 Å². The molecule has 0 saturated carbocycles. The number of rotatable bonds is 5. The third-order valence-corrected chi connectivity index (χ3v) is 6.31. The lowest BCUT2D eigenvalue weighted by atomic mass is 9.74. The molecule has 2 unspecified atom stereocenters. The van der Waals surface area contributed by atoms with Gasteiger partial charge < -0.3 is 23.9 Å². The van der Waals surface area contributed by atoms with E-state index in [2.05, 4.69) is 0 Å². The second kappa shape index (κ2) is 7.85. The molecule has 0 radical (unpaired) electrons. The fourth-order valence-corrected chi connectivity index (χ4v) is 4.69. The molecule has 2 atom stereocenters. The minimum Gasteiger partial charge on any atom is -0.455 e. The Bertz CT molecular complexity index is 1320. The number of halogens is 3. The van der Waals surface area contributed by atoms with Crippen LogP contribution in [0.15, 0.2) is 52.9 Å². The molecule has 3 heterocycles. The zero-order valence-corrected chi connectivity index (χ0v) is 18.5. The molecule has 3 aromatic rings. The molecule has 176 valence electrons. The molecule has 2 aliphatic rings. The van der Waals surface area contributed by atoms with E-state index in [9.17, 15) is 27.9 Å². The fourth-order valence-electron chi connectivity index (χ4n) is 4.45. The lowest BCUT2D eigenvalue weighted by Gasteiger charge is -2.29. The highest BCUT2D eigenvalue weighted by molar-refractivity contribution is 7.41. The van der Waals surface area contributed by atoms with Gasteiger partial charge in [0.15, 0.2) is 17.0 Å². The van der Waals surface area contributed by atoms with Crippen molar-refractivity contribution < 1.29 is 41.8 Å². The fraction of sp³-hybridized carbons (Fsp3) is 0.217. The first-order valence-electron chi connectivity index (χ1n) is 10.1. The van der Waals surface area contributed by atoms with Gasteiger partial charge in [0.25, 0.3) is 0 Å². The number of ether oxygens (including phenoxy) is 2. The quantitative estimate of drug-likeness (QED) is 0.546. The summed E-state index contributed by atoms with van der Waals surface area (Å²) in [7, 11) is 2.04. The smallest absolute Gasteiger partial charge is 0.449 e. The van der Waals surface area contributed by atoms with Crippen molar-refractivity contribution in [2.75, 3.05) is 18.3 Å². The van der Waals surface area contributed by atoms with E-state index in [0.717, 1.165) is 12.1 Å². The Labute approximate surface area is 193 Å². The summed E-state index contributed by atoms with van der Waals surface area (Å²) in [5.41, 5.74) is -1.02. The van der Waals surface area contributed by atoms with Crippen molar-refractivity contribution in [1.29, 1.82) is 0 Å². The molecule has 5 rings (SSSR count). The van der Waals surface area contributed by atoms with Crippen molar-refractivity contribution in [3.8, 4) is 11.5 Å². The number of carbonyl (C=O) groups is 2. The van der Waals surface area contributed by atoms with Gasteiger partial charge in [0.1, 0.15) is 11.2 Å². The molecule has 1 amide bonds. The number of benzene rings is 2. The van der Waals surface area contributed by atoms with Crippen LogP contribution in [0.4, 0.5) is 18.9 Å². The summed E-state index contributed by atoms with van der Waals surface area (Å²) in [6.07, 6.45) is -4.67. The summed E-state index contributed by atoms with van der Waals surface area (Å²) in [5.74, 6) is -1.25. The summed E-state index contributed by atoms with van der Waals surface area (Å²) >= 11 is 0. The van der Waals surface area contributed by atoms with Crippen molar-refractivity contribution in [3.05, 3.63) is 76.7 Å². The molecule has 7 nitrogen and oxygen atoms in total. The molecule has 34 heavy (non-hydrogen) atoms. The Morgan fingerprint density at radius 1 is 1.09 bits per heavy atom. The van der Waals surface area contributed by atoms with E-state index in [1.165, 1.54) is 17.0 Å². The number of alkyl halides is 3. The van der Waals surface area contributed by atoms with E-state index in [-0.39, 0.29) is 30.2 Å². The van der Waals surface area contributed by atoms with E-state index in [0.29, 0.717) is 22.7 Å². The summed E-state index contributed by atoms with van der Waals surface area (Å²) in [5, 5.41) is 10.6. The third-order valence-electron chi connectivity index (χ3n) is 6.00. The van der Waals surface area contributed by atoms with Gasteiger partial charge >= 0.3 is 6.18 Å². The van der Waals surface area contributed by atoms with Gasteiger partial charge in [-0.15, -0.1) is 0 Å². The maximum absolute atomic E-state index is 13.9. The van der Waals surface area contributed by atoms with Crippen LogP contribution in [0, 0.1) is 0 Å². The van der Waals surface area contributed by atoms with E-state index >= 15 is 0 Å². The summed E-state index contributed by atoms with van der Waals surface area (Å²) in [6, 6.07) is 11.5. The van der Waals surface area contributed by atoms with Crippen LogP contribution in [0.3, 0.4) is 0 Å². The van der Waals surface area contributed by atoms with Crippen molar-refractivity contribution in [2.24, 2.45) is 0 Å². The van der Waals surface area contributed by atoms with E-state index in [1.54, 1.807) is 24.3 Å². The summed E-state index contributed by atoms with van der Waals surface area (Å²) in [6.45, 7) is -1.07. The van der Waals surface area contributed by atoms with Crippen molar-refractivity contribution in [3.63, 3.8) is 0 Å². The predicted molar refractivity (Wildman–Crippen MR) is 116 cm³/mol. The number of amides is 1. The van der Waals surface area contributed by atoms with Gasteiger partial charge in [0.2, 0.25) is 18.5 Å². The highest BCUT2D eigenvalue weighted by Gasteiger charge is 2.53. The number of nitrogens with zero attached hydrogens (tertiary/aromatic N) is 1. The Morgan fingerprint density at radius 3 is 2.44 bits per heavy atom. The highest BCUT2D eigenvalue weighted by atomic mass is 31.0. The van der Waals surface area contributed by atoms with E-state index < -0.39 is 35.4 Å². The SMILES string of the molecule is O=C(P)c1cc2c(cc1C1(CO)C(=O)N(Cc3ccc(C(F)(F)F)o3)c3ccccc31)OCO2. The first-order chi connectivity index (χ1) is 16.2. The molecule has 0 saturated heterocycles. The number of aliphatic hydroxyl groups excluding tert-OH is 1. The van der Waals surface area contributed by atoms with Crippen LogP contribution in [-0.4, -0.2) is 29.9 Å². The number of aliphatic hydroxyl groups is 1. The minimum absolute atomic E-state index is 0.0634. The zero-order valence-electron chi connectivity index (χ0n) is 17.4. The zero-order chi connectivity index (χ0) is 24.3. The predicted octanol–water partition coefficient (Wildman–Crippen LogP) is 3.87. The monoisotopic (exact) mass is 491 g/mol. The number of anilines is 1. The van der Waals surface area contributed by atoms with Crippen LogP contribution in [0.1, 0.15) is 33.0 Å². The van der Waals surface area contributed by atoms with E-state index in [4.69, 9.17) is 13.9 Å². The first kappa shape index (κ1) is 22.4. The molecule has 2 aromatic carbocycles. The largest absolute Gasteiger partial charge is 0.455 e. The van der Waals surface area contributed by atoms with Crippen LogP contribution in [-0.2, 0) is 22.9 Å². The van der Waals surface area contributed by atoms with Crippen LogP contribution < -0.4 is 14.4 Å². The van der Waals surface area contributed by atoms with E-state index in [1.807, 2.05) is 9.24 Å². The molecule has 0 spiro atoms. The third kappa shape index (κ3) is 3.28. The van der Waals surface area contributed by atoms with Gasteiger partial charge in [-0.3, -0.25) is 9.59 Å². The number of para-hydroxylation sites is 1. The number of hydrogen-bond acceptors (Lipinski definition) is 6. The average molecular weight is 491 g/mol. The number of fused-ring (bicyclic) bond motifs is 2. The average Bonchev–Trinajstić information content (AvgIpc) is 3.51. The molecular weight excluding hydrogens is 474 g/mol. The molecule has 0 fully saturated rings. The standard InChI is InChI=1S/C23H17F3NO6P/c24-23(25,26)19-6-5-12(33-19)9-27-16-4-2-1-3-14(16)22(10-28,21(27)30)15-8-18-17(31-11-32-18)7-13(15)20(29)34/h1-8,28H,9-11,34H2. The van der Waals surface area contributed by atoms with Crippen molar-refractivity contribution in [2.45, 2.75) is 18.1 Å². The lowest BCUT2D eigenvalue weighted by molar-refractivity contribution is -0.153. The lowest BCUT2D eigenvalue weighted by Crippen LogP contribution is -2.44. The molecule has 1 N–H and O–H groups in total. The first-order valence-corrected chi connectivity index (χ1v) is 10.7. The van der Waals surface area contributed by atoms with Crippen LogP contribution in [0.2, 0.25) is 0 Å². The Kier molecular flexibility index (Phi) is 5.18. The second-order valence-electron chi connectivity index (χ2n) is 7.85. The van der Waals surface area contributed by atoms with Gasteiger partial charge in [-0.2, -0.15) is 13.2 Å². The minimum atomic E-state index is -4.67. The number of furan rings is 1. The molecule has 1 aromatic heterocycles. The number of hydrogen-bond donors (Lipinski definition) is 1. The molecule has 0 bridgehead atoms. The van der Waals surface area contributed by atoms with Gasteiger partial charge in [-0.25, -0.2) is 0 Å². The van der Waals surface area contributed by atoms with Gasteiger partial charge in [-0.1, -0.05) is 27.4 Å². The Hall–Kier alpha value is -3.36. The van der Waals surface area contributed by atoms with Crippen molar-refractivity contribution >= 4 is 26.4 Å². The summed E-state index contributed by atoms with van der Waals surface area (Å²) < 4.78 is 54.7. The molecule has 11 heteroatoms. The van der Waals surface area contributed by atoms with Gasteiger partial charge in [0, 0.05) is 11.3 Å². The van der Waals surface area contributed by atoms with Gasteiger partial charge in [-0.05, 0) is 41.5 Å². The summed E-state index contributed by atoms with van der Waals surface area (Å²) in [4.78, 5) is 27.7. The van der Waals surface area contributed by atoms with Crippen LogP contribution >= 0.6 is 9.24 Å². The Balaban J connectivity index is 1.66.